The highest BCUT2D eigenvalue weighted by atomic mass is 32.2. The predicted octanol–water partition coefficient (Wildman–Crippen LogP) is 2.62. The van der Waals surface area contributed by atoms with Gasteiger partial charge in [0.2, 0.25) is 10.0 Å². The van der Waals surface area contributed by atoms with Gasteiger partial charge >= 0.3 is 6.09 Å². The van der Waals surface area contributed by atoms with E-state index in [2.05, 4.69) is 4.72 Å². The second kappa shape index (κ2) is 7.58. The number of carbonyl (C=O) groups excluding carboxylic acids is 1. The van der Waals surface area contributed by atoms with E-state index in [1.165, 1.54) is 18.1 Å². The quantitative estimate of drug-likeness (QED) is 0.820. The van der Waals surface area contributed by atoms with Crippen LogP contribution in [0, 0.1) is 13.8 Å². The highest BCUT2D eigenvalue weighted by Gasteiger charge is 2.33. The molecule has 1 aliphatic heterocycles. The Labute approximate surface area is 158 Å². The van der Waals surface area contributed by atoms with Crippen molar-refractivity contribution in [1.82, 2.24) is 4.72 Å². The third kappa shape index (κ3) is 4.23. The number of carbonyl (C=O) groups is 1. The third-order valence-corrected chi connectivity index (χ3v) is 5.98. The zero-order valence-electron chi connectivity index (χ0n) is 15.4. The summed E-state index contributed by atoms with van der Waals surface area (Å²) < 4.78 is 38.1. The molecule has 3 rings (SSSR count). The van der Waals surface area contributed by atoms with Crippen molar-refractivity contribution in [2.75, 3.05) is 25.1 Å². The van der Waals surface area contributed by atoms with Crippen LogP contribution in [0.2, 0.25) is 0 Å². The number of benzene rings is 2. The van der Waals surface area contributed by atoms with Crippen molar-refractivity contribution >= 4 is 21.8 Å². The van der Waals surface area contributed by atoms with Crippen molar-refractivity contribution in [1.29, 1.82) is 0 Å². The van der Waals surface area contributed by atoms with Crippen LogP contribution in [0.3, 0.4) is 0 Å². The molecule has 7 nitrogen and oxygen atoms in total. The van der Waals surface area contributed by atoms with E-state index in [0.29, 0.717) is 11.3 Å². The molecule has 1 aliphatic rings. The smallest absolute Gasteiger partial charge is 0.414 e. The van der Waals surface area contributed by atoms with Gasteiger partial charge in [0.05, 0.1) is 18.6 Å². The van der Waals surface area contributed by atoms with Gasteiger partial charge in [-0.2, -0.15) is 0 Å². The number of hydrogen-bond donors (Lipinski definition) is 1. The van der Waals surface area contributed by atoms with Crippen molar-refractivity contribution in [3.05, 3.63) is 53.6 Å². The van der Waals surface area contributed by atoms with Gasteiger partial charge in [-0.05, 0) is 49.7 Å². The monoisotopic (exact) mass is 390 g/mol. The average Bonchev–Trinajstić information content (AvgIpc) is 3.01. The average molecular weight is 390 g/mol. The van der Waals surface area contributed by atoms with Crippen LogP contribution in [-0.2, 0) is 14.8 Å². The summed E-state index contributed by atoms with van der Waals surface area (Å²) >= 11 is 0. The van der Waals surface area contributed by atoms with Gasteiger partial charge in [0, 0.05) is 12.2 Å². The van der Waals surface area contributed by atoms with Crippen LogP contribution in [0.15, 0.2) is 47.4 Å². The molecule has 0 saturated carbocycles. The zero-order chi connectivity index (χ0) is 19.6. The van der Waals surface area contributed by atoms with Gasteiger partial charge in [-0.15, -0.1) is 0 Å². The lowest BCUT2D eigenvalue weighted by molar-refractivity contribution is 0.143. The summed E-state index contributed by atoms with van der Waals surface area (Å²) in [6.45, 7) is 3.95. The van der Waals surface area contributed by atoms with E-state index in [1.807, 2.05) is 31.2 Å². The maximum Gasteiger partial charge on any atom is 0.414 e. The lowest BCUT2D eigenvalue weighted by atomic mass is 10.2. The van der Waals surface area contributed by atoms with E-state index in [-0.39, 0.29) is 18.0 Å². The lowest BCUT2D eigenvalue weighted by Gasteiger charge is -2.14. The number of rotatable bonds is 6. The second-order valence-corrected chi connectivity index (χ2v) is 8.17. The fourth-order valence-electron chi connectivity index (χ4n) is 2.89. The highest BCUT2D eigenvalue weighted by Crippen LogP contribution is 2.23. The van der Waals surface area contributed by atoms with Gasteiger partial charge < -0.3 is 9.47 Å². The first-order valence-electron chi connectivity index (χ1n) is 8.49. The molecule has 0 aliphatic carbocycles. The van der Waals surface area contributed by atoms with Crippen molar-refractivity contribution in [2.24, 2.45) is 0 Å². The number of cyclic esters (lactones) is 1. The highest BCUT2D eigenvalue weighted by molar-refractivity contribution is 7.89. The second-order valence-electron chi connectivity index (χ2n) is 6.44. The first-order valence-corrected chi connectivity index (χ1v) is 9.97. The van der Waals surface area contributed by atoms with Gasteiger partial charge in [0.25, 0.3) is 0 Å². The molecular weight excluding hydrogens is 368 g/mol. The topological polar surface area (TPSA) is 84.9 Å². The Hall–Kier alpha value is -2.58. The number of sulfonamides is 1. The molecule has 1 fully saturated rings. The van der Waals surface area contributed by atoms with E-state index in [9.17, 15) is 13.2 Å². The number of anilines is 1. The zero-order valence-corrected chi connectivity index (χ0v) is 16.2. The molecule has 1 heterocycles. The van der Waals surface area contributed by atoms with E-state index in [1.54, 1.807) is 19.1 Å². The summed E-state index contributed by atoms with van der Waals surface area (Å²) in [5, 5.41) is 0. The number of ether oxygens (including phenoxy) is 2. The van der Waals surface area contributed by atoms with Crippen molar-refractivity contribution in [3.8, 4) is 5.75 Å². The maximum atomic E-state index is 12.6. The molecule has 1 N–H and O–H groups in total. The normalized spacial score (nSPS) is 17.1. The molecular formula is C19H22N2O5S. The van der Waals surface area contributed by atoms with Crippen molar-refractivity contribution in [3.63, 3.8) is 0 Å². The maximum absolute atomic E-state index is 12.6. The van der Waals surface area contributed by atoms with E-state index >= 15 is 0 Å². The van der Waals surface area contributed by atoms with Gasteiger partial charge in [-0.3, -0.25) is 4.90 Å². The number of hydrogen-bond acceptors (Lipinski definition) is 5. The van der Waals surface area contributed by atoms with Crippen LogP contribution in [0.4, 0.5) is 10.5 Å². The molecule has 0 aromatic heterocycles. The van der Waals surface area contributed by atoms with Gasteiger partial charge in [-0.1, -0.05) is 17.7 Å². The summed E-state index contributed by atoms with van der Waals surface area (Å²) in [5.74, 6) is 0.588. The number of amides is 1. The van der Waals surface area contributed by atoms with E-state index < -0.39 is 22.2 Å². The molecule has 2 aromatic carbocycles. The SMILES string of the molecule is COc1ccc(S(=O)(=O)NCC2CN(c3ccc(C)cc3)C(=O)O2)c(C)c1. The molecule has 1 unspecified atom stereocenters. The van der Waals surface area contributed by atoms with Gasteiger partial charge in [0.1, 0.15) is 11.9 Å². The molecule has 1 amide bonds. The molecule has 1 saturated heterocycles. The predicted molar refractivity (Wildman–Crippen MR) is 102 cm³/mol. The Bertz CT molecular complexity index is 941. The molecule has 144 valence electrons. The lowest BCUT2D eigenvalue weighted by Crippen LogP contribution is -2.34. The number of nitrogens with one attached hydrogen (secondary N) is 1. The Balaban J connectivity index is 1.66. The minimum absolute atomic E-state index is 0.00189. The molecule has 0 radical (unpaired) electrons. The van der Waals surface area contributed by atoms with Crippen LogP contribution in [0.25, 0.3) is 0 Å². The van der Waals surface area contributed by atoms with Crippen LogP contribution >= 0.6 is 0 Å². The molecule has 8 heteroatoms. The van der Waals surface area contributed by atoms with Crippen molar-refractivity contribution in [2.45, 2.75) is 24.8 Å². The third-order valence-electron chi connectivity index (χ3n) is 4.39. The van der Waals surface area contributed by atoms with E-state index in [4.69, 9.17) is 9.47 Å². The first-order chi connectivity index (χ1) is 12.8. The Kier molecular flexibility index (Phi) is 5.38. The fourth-order valence-corrected chi connectivity index (χ4v) is 4.18. The Morgan fingerprint density at radius 3 is 2.52 bits per heavy atom. The van der Waals surface area contributed by atoms with E-state index in [0.717, 1.165) is 11.3 Å². The summed E-state index contributed by atoms with van der Waals surface area (Å²) in [6.07, 6.45) is -1.05. The molecule has 2 aromatic rings. The minimum atomic E-state index is -3.72. The van der Waals surface area contributed by atoms with Gasteiger partial charge in [0.15, 0.2) is 0 Å². The van der Waals surface area contributed by atoms with Crippen LogP contribution in [0.5, 0.6) is 5.75 Å². The summed E-state index contributed by atoms with van der Waals surface area (Å²) in [6, 6.07) is 12.2. The minimum Gasteiger partial charge on any atom is -0.497 e. The summed E-state index contributed by atoms with van der Waals surface area (Å²) in [7, 11) is -2.20. The molecule has 27 heavy (non-hydrogen) atoms. The number of nitrogens with zero attached hydrogens (tertiary/aromatic N) is 1. The number of aryl methyl sites for hydroxylation is 2. The standard InChI is InChI=1S/C19H22N2O5S/c1-13-4-6-15(7-5-13)21-12-17(26-19(21)22)11-20-27(23,24)18-9-8-16(25-3)10-14(18)2/h4-10,17,20H,11-12H2,1-3H3. The van der Waals surface area contributed by atoms with Crippen LogP contribution < -0.4 is 14.4 Å². The summed E-state index contributed by atoms with van der Waals surface area (Å²) in [5.41, 5.74) is 2.39. The summed E-state index contributed by atoms with van der Waals surface area (Å²) in [4.78, 5) is 13.8. The largest absolute Gasteiger partial charge is 0.497 e. The van der Waals surface area contributed by atoms with Crippen LogP contribution in [-0.4, -0.2) is 40.8 Å². The Morgan fingerprint density at radius 1 is 1.19 bits per heavy atom. The number of methoxy groups -OCH3 is 1. The van der Waals surface area contributed by atoms with Crippen LogP contribution in [0.1, 0.15) is 11.1 Å². The fraction of sp³-hybridized carbons (Fsp3) is 0.316. The molecule has 1 atom stereocenters. The van der Waals surface area contributed by atoms with Gasteiger partial charge in [-0.25, -0.2) is 17.9 Å². The first kappa shape index (κ1) is 19.2. The molecule has 0 spiro atoms. The van der Waals surface area contributed by atoms with Crippen molar-refractivity contribution < 1.29 is 22.7 Å². The molecule has 0 bridgehead atoms. The Morgan fingerprint density at radius 2 is 1.89 bits per heavy atom.